The second-order valence-corrected chi connectivity index (χ2v) is 2.60. The Balaban J connectivity index is 2.85. The van der Waals surface area contributed by atoms with Crippen LogP contribution in [0.3, 0.4) is 0 Å². The van der Waals surface area contributed by atoms with Crippen LogP contribution in [0.15, 0.2) is 23.3 Å². The zero-order valence-electron chi connectivity index (χ0n) is 8.03. The van der Waals surface area contributed by atoms with Gasteiger partial charge in [0.15, 0.2) is 11.6 Å². The number of hydrogen-bond donors (Lipinski definition) is 2. The zero-order chi connectivity index (χ0) is 11.3. The Morgan fingerprint density at radius 2 is 2.40 bits per heavy atom. The van der Waals surface area contributed by atoms with Crippen LogP contribution in [0.2, 0.25) is 0 Å². The molecule has 0 saturated carbocycles. The van der Waals surface area contributed by atoms with Crippen molar-refractivity contribution in [2.24, 2.45) is 10.8 Å². The number of primary amides is 1. The average molecular weight is 211 g/mol. The number of rotatable bonds is 3. The van der Waals surface area contributed by atoms with Crippen molar-refractivity contribution in [3.8, 4) is 5.75 Å². The van der Waals surface area contributed by atoms with Crippen molar-refractivity contribution in [3.05, 3.63) is 29.6 Å². The van der Waals surface area contributed by atoms with Crippen molar-refractivity contribution in [2.75, 3.05) is 7.11 Å². The van der Waals surface area contributed by atoms with Gasteiger partial charge < -0.3 is 10.5 Å². The van der Waals surface area contributed by atoms with Gasteiger partial charge in [-0.25, -0.2) is 14.6 Å². The first-order valence-electron chi connectivity index (χ1n) is 4.06. The van der Waals surface area contributed by atoms with Gasteiger partial charge in [-0.05, 0) is 6.07 Å². The van der Waals surface area contributed by atoms with E-state index in [0.717, 1.165) is 6.21 Å². The molecule has 1 aromatic rings. The number of nitrogens with two attached hydrogens (primary N) is 1. The highest BCUT2D eigenvalue weighted by Gasteiger charge is 2.05. The highest BCUT2D eigenvalue weighted by atomic mass is 19.1. The molecule has 0 aliphatic carbocycles. The molecule has 0 aromatic heterocycles. The second kappa shape index (κ2) is 4.94. The van der Waals surface area contributed by atoms with E-state index in [0.29, 0.717) is 0 Å². The molecule has 0 atom stereocenters. The van der Waals surface area contributed by atoms with Gasteiger partial charge in [0.05, 0.1) is 13.3 Å². The maximum Gasteiger partial charge on any atom is 0.332 e. The largest absolute Gasteiger partial charge is 0.494 e. The molecule has 0 heterocycles. The van der Waals surface area contributed by atoms with Crippen molar-refractivity contribution >= 4 is 12.2 Å². The minimum Gasteiger partial charge on any atom is -0.494 e. The number of nitrogens with zero attached hydrogens (tertiary/aromatic N) is 1. The fraction of sp³-hybridized carbons (Fsp3) is 0.111. The third-order valence-electron chi connectivity index (χ3n) is 1.59. The Hall–Kier alpha value is -2.11. The van der Waals surface area contributed by atoms with Crippen LogP contribution in [-0.4, -0.2) is 19.4 Å². The summed E-state index contributed by atoms with van der Waals surface area (Å²) < 4.78 is 18.2. The van der Waals surface area contributed by atoms with Gasteiger partial charge in [-0.2, -0.15) is 5.10 Å². The molecule has 15 heavy (non-hydrogen) atoms. The second-order valence-electron chi connectivity index (χ2n) is 2.60. The van der Waals surface area contributed by atoms with E-state index in [9.17, 15) is 9.18 Å². The standard InChI is InChI=1S/C9H10FN3O2/c1-15-7-4-2-3-6(8(7)10)5-12-13-9(11)14/h2-5H,1H3,(H3,11,13,14). The van der Waals surface area contributed by atoms with Crippen LogP contribution in [0.1, 0.15) is 5.56 Å². The number of halogens is 1. The monoisotopic (exact) mass is 211 g/mol. The van der Waals surface area contributed by atoms with E-state index in [1.807, 2.05) is 5.43 Å². The van der Waals surface area contributed by atoms with Crippen LogP contribution in [0, 0.1) is 5.82 Å². The van der Waals surface area contributed by atoms with Crippen molar-refractivity contribution < 1.29 is 13.9 Å². The molecule has 0 radical (unpaired) electrons. The average Bonchev–Trinajstić information content (AvgIpc) is 2.20. The lowest BCUT2D eigenvalue weighted by Gasteiger charge is -2.02. The lowest BCUT2D eigenvalue weighted by Crippen LogP contribution is -2.24. The van der Waals surface area contributed by atoms with E-state index in [-0.39, 0.29) is 11.3 Å². The van der Waals surface area contributed by atoms with Gasteiger partial charge in [0.2, 0.25) is 0 Å². The molecule has 1 aromatic carbocycles. The van der Waals surface area contributed by atoms with Gasteiger partial charge in [-0.1, -0.05) is 12.1 Å². The lowest BCUT2D eigenvalue weighted by molar-refractivity contribution is 0.249. The summed E-state index contributed by atoms with van der Waals surface area (Å²) in [5, 5.41) is 3.43. The summed E-state index contributed by atoms with van der Waals surface area (Å²) in [6, 6.07) is 3.76. The van der Waals surface area contributed by atoms with Crippen LogP contribution < -0.4 is 15.9 Å². The Labute approximate surface area is 85.7 Å². The quantitative estimate of drug-likeness (QED) is 0.574. The number of urea groups is 1. The van der Waals surface area contributed by atoms with E-state index in [4.69, 9.17) is 10.5 Å². The number of methoxy groups -OCH3 is 1. The molecular weight excluding hydrogens is 201 g/mol. The normalized spacial score (nSPS) is 10.3. The molecule has 0 unspecified atom stereocenters. The summed E-state index contributed by atoms with van der Waals surface area (Å²) in [6.07, 6.45) is 1.14. The summed E-state index contributed by atoms with van der Waals surface area (Å²) in [5.41, 5.74) is 6.93. The molecule has 0 saturated heterocycles. The Morgan fingerprint density at radius 1 is 1.67 bits per heavy atom. The Bertz CT molecular complexity index is 393. The Morgan fingerprint density at radius 3 is 3.00 bits per heavy atom. The van der Waals surface area contributed by atoms with Crippen molar-refractivity contribution in [1.29, 1.82) is 0 Å². The lowest BCUT2D eigenvalue weighted by atomic mass is 10.2. The molecule has 80 valence electrons. The molecule has 1 rings (SSSR count). The van der Waals surface area contributed by atoms with E-state index in [2.05, 4.69) is 5.10 Å². The van der Waals surface area contributed by atoms with Crippen LogP contribution in [0.25, 0.3) is 0 Å². The van der Waals surface area contributed by atoms with Gasteiger partial charge >= 0.3 is 6.03 Å². The summed E-state index contributed by atoms with van der Waals surface area (Å²) in [4.78, 5) is 10.3. The molecule has 0 bridgehead atoms. The maximum atomic E-state index is 13.4. The molecule has 0 spiro atoms. The fourth-order valence-electron chi connectivity index (χ4n) is 0.951. The molecule has 0 aliphatic rings. The molecule has 2 amide bonds. The van der Waals surface area contributed by atoms with Crippen LogP contribution >= 0.6 is 0 Å². The first-order valence-corrected chi connectivity index (χ1v) is 4.06. The number of ether oxygens (including phenoxy) is 1. The highest BCUT2D eigenvalue weighted by molar-refractivity contribution is 5.82. The number of hydrazone groups is 1. The fourth-order valence-corrected chi connectivity index (χ4v) is 0.951. The van der Waals surface area contributed by atoms with E-state index in [1.54, 1.807) is 6.07 Å². The van der Waals surface area contributed by atoms with Crippen LogP contribution in [-0.2, 0) is 0 Å². The van der Waals surface area contributed by atoms with E-state index < -0.39 is 11.8 Å². The minimum absolute atomic E-state index is 0.109. The van der Waals surface area contributed by atoms with Gasteiger partial charge in [0.1, 0.15) is 0 Å². The Kier molecular flexibility index (Phi) is 3.61. The number of carbonyl (C=O) groups is 1. The summed E-state index contributed by atoms with van der Waals surface area (Å²) in [7, 11) is 1.36. The third kappa shape index (κ3) is 2.94. The van der Waals surface area contributed by atoms with Crippen molar-refractivity contribution in [1.82, 2.24) is 5.43 Å². The van der Waals surface area contributed by atoms with Crippen LogP contribution in [0.5, 0.6) is 5.75 Å². The smallest absolute Gasteiger partial charge is 0.332 e. The van der Waals surface area contributed by atoms with Crippen molar-refractivity contribution in [2.45, 2.75) is 0 Å². The molecule has 3 N–H and O–H groups in total. The number of nitrogens with one attached hydrogen (secondary N) is 1. The zero-order valence-corrected chi connectivity index (χ0v) is 8.03. The summed E-state index contributed by atoms with van der Waals surface area (Å²) >= 11 is 0. The summed E-state index contributed by atoms with van der Waals surface area (Å²) in [5.74, 6) is -0.437. The third-order valence-corrected chi connectivity index (χ3v) is 1.59. The minimum atomic E-state index is -0.811. The molecular formula is C9H10FN3O2. The number of carbonyl (C=O) groups excluding carboxylic acids is 1. The predicted molar refractivity (Wildman–Crippen MR) is 53.3 cm³/mol. The topological polar surface area (TPSA) is 76.7 Å². The van der Waals surface area contributed by atoms with E-state index in [1.165, 1.54) is 19.2 Å². The first-order chi connectivity index (χ1) is 7.15. The molecule has 6 heteroatoms. The summed E-state index contributed by atoms with van der Waals surface area (Å²) in [6.45, 7) is 0. The predicted octanol–water partition coefficient (Wildman–Crippen LogP) is 0.837. The van der Waals surface area contributed by atoms with Gasteiger partial charge in [-0.3, -0.25) is 0 Å². The van der Waals surface area contributed by atoms with Gasteiger partial charge in [0.25, 0.3) is 0 Å². The molecule has 0 fully saturated rings. The van der Waals surface area contributed by atoms with Crippen molar-refractivity contribution in [3.63, 3.8) is 0 Å². The number of hydrogen-bond acceptors (Lipinski definition) is 3. The SMILES string of the molecule is COc1cccc(C=NNC(N)=O)c1F. The maximum absolute atomic E-state index is 13.4. The highest BCUT2D eigenvalue weighted by Crippen LogP contribution is 2.18. The van der Waals surface area contributed by atoms with Gasteiger partial charge in [-0.15, -0.1) is 0 Å². The molecule has 5 nitrogen and oxygen atoms in total. The van der Waals surface area contributed by atoms with E-state index >= 15 is 0 Å². The number of amides is 2. The molecule has 0 aliphatic heterocycles. The van der Waals surface area contributed by atoms with Crippen LogP contribution in [0.4, 0.5) is 9.18 Å². The first kappa shape index (κ1) is 11.0. The number of benzene rings is 1. The van der Waals surface area contributed by atoms with Gasteiger partial charge in [0, 0.05) is 5.56 Å².